The van der Waals surface area contributed by atoms with Crippen molar-refractivity contribution in [3.63, 3.8) is 0 Å². The Labute approximate surface area is 89.5 Å². The number of ketones is 1. The largest absolute Gasteiger partial charge is 0.313 e. The highest BCUT2D eigenvalue weighted by Crippen LogP contribution is 2.18. The number of carbonyl (C=O) groups is 1. The Morgan fingerprint density at radius 3 is 2.47 bits per heavy atom. The number of hydrogen-bond donors (Lipinski definition) is 1. The van der Waals surface area contributed by atoms with Gasteiger partial charge in [0.1, 0.15) is 11.6 Å². The van der Waals surface area contributed by atoms with E-state index in [-0.39, 0.29) is 17.6 Å². The van der Waals surface area contributed by atoms with Crippen LogP contribution in [0.4, 0.5) is 4.39 Å². The Kier molecular flexibility index (Phi) is 4.43. The molecular formula is C12H16FNO. The van der Waals surface area contributed by atoms with Gasteiger partial charge in [-0.1, -0.05) is 12.1 Å². The van der Waals surface area contributed by atoms with Crippen molar-refractivity contribution in [3.05, 3.63) is 35.6 Å². The molecule has 1 atom stereocenters. The van der Waals surface area contributed by atoms with Crippen LogP contribution in [0, 0.1) is 5.82 Å². The van der Waals surface area contributed by atoms with Crippen LogP contribution < -0.4 is 5.32 Å². The smallest absolute Gasteiger partial charge is 0.129 e. The lowest BCUT2D eigenvalue weighted by Crippen LogP contribution is -2.17. The molecule has 1 aromatic rings. The average Bonchev–Trinajstić information content (AvgIpc) is 2.21. The molecule has 0 fully saturated rings. The summed E-state index contributed by atoms with van der Waals surface area (Å²) in [7, 11) is 1.84. The predicted octanol–water partition coefficient (Wildman–Crippen LogP) is 2.46. The van der Waals surface area contributed by atoms with Gasteiger partial charge in [0.05, 0.1) is 0 Å². The zero-order chi connectivity index (χ0) is 11.3. The number of carbonyl (C=O) groups excluding carboxylic acids is 1. The predicted molar refractivity (Wildman–Crippen MR) is 58.1 cm³/mol. The topological polar surface area (TPSA) is 29.1 Å². The maximum atomic E-state index is 12.7. The zero-order valence-electron chi connectivity index (χ0n) is 9.09. The van der Waals surface area contributed by atoms with Gasteiger partial charge in [-0.05, 0) is 38.1 Å². The number of halogens is 1. The molecule has 0 amide bonds. The molecule has 0 saturated heterocycles. The molecule has 82 valence electrons. The maximum absolute atomic E-state index is 12.7. The van der Waals surface area contributed by atoms with Crippen LogP contribution in [0.2, 0.25) is 0 Å². The van der Waals surface area contributed by atoms with Gasteiger partial charge in [0.25, 0.3) is 0 Å². The summed E-state index contributed by atoms with van der Waals surface area (Å²) in [4.78, 5) is 10.9. The van der Waals surface area contributed by atoms with E-state index in [0.717, 1.165) is 12.0 Å². The number of rotatable bonds is 5. The Bertz CT molecular complexity index is 321. The summed E-state index contributed by atoms with van der Waals surface area (Å²) >= 11 is 0. The van der Waals surface area contributed by atoms with Crippen molar-refractivity contribution >= 4 is 5.78 Å². The molecule has 0 aliphatic rings. The number of benzene rings is 1. The SMILES string of the molecule is CNC(CCC(C)=O)c1ccc(F)cc1. The van der Waals surface area contributed by atoms with E-state index in [9.17, 15) is 9.18 Å². The van der Waals surface area contributed by atoms with E-state index in [0.29, 0.717) is 6.42 Å². The fraction of sp³-hybridized carbons (Fsp3) is 0.417. The molecular weight excluding hydrogens is 193 g/mol. The van der Waals surface area contributed by atoms with Gasteiger partial charge in [0, 0.05) is 12.5 Å². The van der Waals surface area contributed by atoms with Gasteiger partial charge in [-0.15, -0.1) is 0 Å². The highest BCUT2D eigenvalue weighted by Gasteiger charge is 2.09. The highest BCUT2D eigenvalue weighted by atomic mass is 19.1. The van der Waals surface area contributed by atoms with Crippen LogP contribution in [0.3, 0.4) is 0 Å². The van der Waals surface area contributed by atoms with Crippen LogP contribution in [0.15, 0.2) is 24.3 Å². The molecule has 1 unspecified atom stereocenters. The van der Waals surface area contributed by atoms with Crippen LogP contribution in [0.1, 0.15) is 31.4 Å². The summed E-state index contributed by atoms with van der Waals surface area (Å²) in [5.41, 5.74) is 1.01. The summed E-state index contributed by atoms with van der Waals surface area (Å²) < 4.78 is 12.7. The number of hydrogen-bond acceptors (Lipinski definition) is 2. The van der Waals surface area contributed by atoms with E-state index in [4.69, 9.17) is 0 Å². The second-order valence-corrected chi connectivity index (χ2v) is 3.63. The van der Waals surface area contributed by atoms with Gasteiger partial charge in [-0.25, -0.2) is 4.39 Å². The Morgan fingerprint density at radius 1 is 1.40 bits per heavy atom. The van der Waals surface area contributed by atoms with Crippen molar-refractivity contribution in [2.24, 2.45) is 0 Å². The standard InChI is InChI=1S/C12H16FNO/c1-9(15)3-8-12(14-2)10-4-6-11(13)7-5-10/h4-7,12,14H,3,8H2,1-2H3. The summed E-state index contributed by atoms with van der Waals surface area (Å²) in [6, 6.07) is 6.49. The van der Waals surface area contributed by atoms with Gasteiger partial charge in [-0.2, -0.15) is 0 Å². The summed E-state index contributed by atoms with van der Waals surface area (Å²) in [6.45, 7) is 1.58. The lowest BCUT2D eigenvalue weighted by Gasteiger charge is -2.15. The Morgan fingerprint density at radius 2 is 2.00 bits per heavy atom. The number of nitrogens with one attached hydrogen (secondary N) is 1. The molecule has 0 heterocycles. The van der Waals surface area contributed by atoms with E-state index in [1.54, 1.807) is 19.1 Å². The van der Waals surface area contributed by atoms with E-state index >= 15 is 0 Å². The van der Waals surface area contributed by atoms with Crippen molar-refractivity contribution in [1.82, 2.24) is 5.32 Å². The Balaban J connectivity index is 2.65. The molecule has 0 aromatic heterocycles. The summed E-state index contributed by atoms with van der Waals surface area (Å²) in [5, 5.41) is 3.12. The minimum absolute atomic E-state index is 0.120. The molecule has 2 nitrogen and oxygen atoms in total. The zero-order valence-corrected chi connectivity index (χ0v) is 9.09. The van der Waals surface area contributed by atoms with Crippen LogP contribution in [0.25, 0.3) is 0 Å². The third-order valence-electron chi connectivity index (χ3n) is 2.41. The molecule has 0 radical (unpaired) electrons. The molecule has 0 saturated carbocycles. The lowest BCUT2D eigenvalue weighted by atomic mass is 10.0. The molecule has 0 aliphatic heterocycles. The quantitative estimate of drug-likeness (QED) is 0.807. The second-order valence-electron chi connectivity index (χ2n) is 3.63. The van der Waals surface area contributed by atoms with Crippen molar-refractivity contribution in [2.45, 2.75) is 25.8 Å². The first kappa shape index (κ1) is 11.9. The highest BCUT2D eigenvalue weighted by molar-refractivity contribution is 5.75. The van der Waals surface area contributed by atoms with Gasteiger partial charge in [0.15, 0.2) is 0 Å². The Hall–Kier alpha value is -1.22. The minimum atomic E-state index is -0.236. The lowest BCUT2D eigenvalue weighted by molar-refractivity contribution is -0.117. The van der Waals surface area contributed by atoms with E-state index in [1.807, 2.05) is 7.05 Å². The number of Topliss-reactive ketones (excluding diaryl/α,β-unsaturated/α-hetero) is 1. The van der Waals surface area contributed by atoms with Crippen LogP contribution in [-0.2, 0) is 4.79 Å². The van der Waals surface area contributed by atoms with E-state index in [2.05, 4.69) is 5.32 Å². The average molecular weight is 209 g/mol. The first-order valence-electron chi connectivity index (χ1n) is 5.05. The molecule has 1 N–H and O–H groups in total. The van der Waals surface area contributed by atoms with Crippen LogP contribution in [-0.4, -0.2) is 12.8 Å². The van der Waals surface area contributed by atoms with Gasteiger partial charge < -0.3 is 10.1 Å². The molecule has 0 spiro atoms. The molecule has 0 aliphatic carbocycles. The maximum Gasteiger partial charge on any atom is 0.129 e. The van der Waals surface area contributed by atoms with E-state index in [1.165, 1.54) is 12.1 Å². The van der Waals surface area contributed by atoms with Crippen molar-refractivity contribution in [2.75, 3.05) is 7.05 Å². The first-order valence-corrected chi connectivity index (χ1v) is 5.05. The van der Waals surface area contributed by atoms with Crippen molar-refractivity contribution in [3.8, 4) is 0 Å². The second kappa shape index (κ2) is 5.61. The molecule has 3 heteroatoms. The fourth-order valence-corrected chi connectivity index (χ4v) is 1.52. The fourth-order valence-electron chi connectivity index (χ4n) is 1.52. The van der Waals surface area contributed by atoms with E-state index < -0.39 is 0 Å². The summed E-state index contributed by atoms with van der Waals surface area (Å²) in [6.07, 6.45) is 1.29. The van der Waals surface area contributed by atoms with Crippen molar-refractivity contribution < 1.29 is 9.18 Å². The van der Waals surface area contributed by atoms with Gasteiger partial charge in [-0.3, -0.25) is 0 Å². The monoisotopic (exact) mass is 209 g/mol. The third-order valence-corrected chi connectivity index (χ3v) is 2.41. The normalized spacial score (nSPS) is 12.5. The van der Waals surface area contributed by atoms with Crippen LogP contribution in [0.5, 0.6) is 0 Å². The summed E-state index contributed by atoms with van der Waals surface area (Å²) in [5.74, 6) is -0.0578. The molecule has 0 bridgehead atoms. The molecule has 15 heavy (non-hydrogen) atoms. The minimum Gasteiger partial charge on any atom is -0.313 e. The van der Waals surface area contributed by atoms with Gasteiger partial charge >= 0.3 is 0 Å². The third kappa shape index (κ3) is 3.80. The van der Waals surface area contributed by atoms with Gasteiger partial charge in [0.2, 0.25) is 0 Å². The molecule has 1 rings (SSSR count). The first-order chi connectivity index (χ1) is 7.13. The van der Waals surface area contributed by atoms with Crippen LogP contribution >= 0.6 is 0 Å². The molecule has 1 aromatic carbocycles. The van der Waals surface area contributed by atoms with Crippen molar-refractivity contribution in [1.29, 1.82) is 0 Å².